The molecule has 0 aromatic carbocycles. The highest BCUT2D eigenvalue weighted by Crippen LogP contribution is 2.44. The predicted molar refractivity (Wildman–Crippen MR) is 85.2 cm³/mol. The fourth-order valence-corrected chi connectivity index (χ4v) is 2.53. The Balaban J connectivity index is 1.69. The Labute approximate surface area is 135 Å². The van der Waals surface area contributed by atoms with Crippen LogP contribution in [0.25, 0.3) is 0 Å². The average molecular weight is 317 g/mol. The van der Waals surface area contributed by atoms with E-state index in [0.717, 1.165) is 18.4 Å². The summed E-state index contributed by atoms with van der Waals surface area (Å²) >= 11 is 0. The van der Waals surface area contributed by atoms with Crippen molar-refractivity contribution in [1.82, 2.24) is 10.3 Å². The van der Waals surface area contributed by atoms with Gasteiger partial charge in [-0.2, -0.15) is 0 Å². The van der Waals surface area contributed by atoms with Gasteiger partial charge in [0.05, 0.1) is 6.61 Å². The van der Waals surface area contributed by atoms with Crippen LogP contribution >= 0.6 is 0 Å². The zero-order chi connectivity index (χ0) is 16.4. The molecule has 6 heteroatoms. The van der Waals surface area contributed by atoms with Gasteiger partial charge < -0.3 is 15.8 Å². The molecule has 0 saturated heterocycles. The second-order valence-electron chi connectivity index (χ2n) is 6.66. The highest BCUT2D eigenvalue weighted by molar-refractivity contribution is 5.93. The summed E-state index contributed by atoms with van der Waals surface area (Å²) < 4.78 is 5.86. The molecule has 1 aromatic rings. The Hall–Kier alpha value is -2.11. The fourth-order valence-electron chi connectivity index (χ4n) is 2.53. The van der Waals surface area contributed by atoms with Gasteiger partial charge in [0, 0.05) is 18.0 Å². The molecule has 0 aliphatic heterocycles. The fraction of sp³-hybridized carbons (Fsp3) is 0.588. The van der Waals surface area contributed by atoms with E-state index < -0.39 is 5.91 Å². The molecule has 124 valence electrons. The molecule has 3 rings (SSSR count). The Morgan fingerprint density at radius 3 is 2.70 bits per heavy atom. The molecule has 1 aromatic heterocycles. The van der Waals surface area contributed by atoms with Gasteiger partial charge in [-0.05, 0) is 50.5 Å². The maximum atomic E-state index is 12.3. The number of primary amides is 1. The first-order chi connectivity index (χ1) is 11.0. The summed E-state index contributed by atoms with van der Waals surface area (Å²) in [6.45, 7) is 2.42. The molecule has 2 aliphatic rings. The minimum absolute atomic E-state index is 0.108. The van der Waals surface area contributed by atoms with Gasteiger partial charge in [0.1, 0.15) is 5.69 Å². The summed E-state index contributed by atoms with van der Waals surface area (Å²) in [6, 6.07) is 3.35. The van der Waals surface area contributed by atoms with E-state index in [4.69, 9.17) is 10.5 Å². The van der Waals surface area contributed by atoms with Crippen LogP contribution in [0.4, 0.5) is 0 Å². The van der Waals surface area contributed by atoms with Crippen LogP contribution < -0.4 is 15.8 Å². The molecule has 0 radical (unpaired) electrons. The summed E-state index contributed by atoms with van der Waals surface area (Å²) in [4.78, 5) is 27.6. The first-order valence-electron chi connectivity index (χ1n) is 8.26. The van der Waals surface area contributed by atoms with Crippen LogP contribution in [-0.4, -0.2) is 29.4 Å². The van der Waals surface area contributed by atoms with Gasteiger partial charge in [0.25, 0.3) is 5.91 Å². The topological polar surface area (TPSA) is 94.3 Å². The molecule has 0 bridgehead atoms. The number of carbonyl (C=O) groups is 2. The summed E-state index contributed by atoms with van der Waals surface area (Å²) in [5.41, 5.74) is 6.56. The van der Waals surface area contributed by atoms with Crippen molar-refractivity contribution in [2.75, 3.05) is 6.61 Å². The van der Waals surface area contributed by atoms with E-state index in [1.807, 2.05) is 6.07 Å². The average Bonchev–Trinajstić information content (AvgIpc) is 3.37. The molecule has 2 aliphatic carbocycles. The molecule has 2 fully saturated rings. The standard InChI is InChI=1S/C17H23N3O3/c1-10(8-15(18)21)19-16(22)14-7-6-13(12-4-5-12)17(20-14)23-9-11-2-3-11/h6-7,10-12H,2-5,8-9H2,1H3,(H2,18,21)(H,19,22)/t10-/m1/s1. The largest absolute Gasteiger partial charge is 0.477 e. The van der Waals surface area contributed by atoms with Crippen LogP contribution in [0.15, 0.2) is 12.1 Å². The number of rotatable bonds is 8. The lowest BCUT2D eigenvalue weighted by atomic mass is 10.1. The van der Waals surface area contributed by atoms with Crippen LogP contribution in [0.1, 0.15) is 61.0 Å². The van der Waals surface area contributed by atoms with Gasteiger partial charge in [-0.1, -0.05) is 6.07 Å². The van der Waals surface area contributed by atoms with Gasteiger partial charge in [-0.25, -0.2) is 4.98 Å². The van der Waals surface area contributed by atoms with E-state index in [1.165, 1.54) is 12.8 Å². The second-order valence-corrected chi connectivity index (χ2v) is 6.66. The van der Waals surface area contributed by atoms with E-state index in [-0.39, 0.29) is 18.4 Å². The summed E-state index contributed by atoms with van der Waals surface area (Å²) in [5.74, 6) is 0.995. The van der Waals surface area contributed by atoms with Crippen molar-refractivity contribution in [2.24, 2.45) is 11.7 Å². The van der Waals surface area contributed by atoms with Crippen molar-refractivity contribution in [3.05, 3.63) is 23.4 Å². The van der Waals surface area contributed by atoms with Crippen molar-refractivity contribution in [1.29, 1.82) is 0 Å². The van der Waals surface area contributed by atoms with Gasteiger partial charge >= 0.3 is 0 Å². The Morgan fingerprint density at radius 2 is 2.09 bits per heavy atom. The second kappa shape index (κ2) is 6.56. The van der Waals surface area contributed by atoms with Crippen LogP contribution in [0.2, 0.25) is 0 Å². The van der Waals surface area contributed by atoms with Crippen molar-refractivity contribution in [3.8, 4) is 5.88 Å². The molecule has 1 heterocycles. The summed E-state index contributed by atoms with van der Waals surface area (Å²) in [7, 11) is 0. The molecule has 0 unspecified atom stereocenters. The van der Waals surface area contributed by atoms with Crippen molar-refractivity contribution >= 4 is 11.8 Å². The van der Waals surface area contributed by atoms with Crippen LogP contribution in [0, 0.1) is 5.92 Å². The number of nitrogens with one attached hydrogen (secondary N) is 1. The summed E-state index contributed by atoms with van der Waals surface area (Å²) in [5, 5.41) is 2.74. The minimum Gasteiger partial charge on any atom is -0.477 e. The SMILES string of the molecule is C[C@H](CC(N)=O)NC(=O)c1ccc(C2CC2)c(OCC2CC2)n1. The molecule has 1 atom stereocenters. The molecule has 6 nitrogen and oxygen atoms in total. The first kappa shape index (κ1) is 15.8. The number of carbonyl (C=O) groups excluding carboxylic acids is 2. The van der Waals surface area contributed by atoms with E-state index in [1.54, 1.807) is 13.0 Å². The van der Waals surface area contributed by atoms with Crippen LogP contribution in [0.3, 0.4) is 0 Å². The molecule has 0 spiro atoms. The number of nitrogens with zero attached hydrogens (tertiary/aromatic N) is 1. The van der Waals surface area contributed by atoms with Crippen molar-refractivity contribution in [2.45, 2.75) is 51.0 Å². The Kier molecular flexibility index (Phi) is 4.50. The number of amides is 2. The van der Waals surface area contributed by atoms with E-state index in [2.05, 4.69) is 10.3 Å². The molecular weight excluding hydrogens is 294 g/mol. The third kappa shape index (κ3) is 4.43. The molecule has 2 amide bonds. The van der Waals surface area contributed by atoms with E-state index in [0.29, 0.717) is 30.0 Å². The van der Waals surface area contributed by atoms with E-state index in [9.17, 15) is 9.59 Å². The monoisotopic (exact) mass is 317 g/mol. The third-order valence-corrected chi connectivity index (χ3v) is 4.18. The van der Waals surface area contributed by atoms with Crippen LogP contribution in [0.5, 0.6) is 5.88 Å². The Morgan fingerprint density at radius 1 is 1.35 bits per heavy atom. The number of nitrogens with two attached hydrogens (primary N) is 1. The van der Waals surface area contributed by atoms with E-state index >= 15 is 0 Å². The van der Waals surface area contributed by atoms with Gasteiger partial charge in [0.15, 0.2) is 0 Å². The maximum absolute atomic E-state index is 12.3. The molecule has 23 heavy (non-hydrogen) atoms. The highest BCUT2D eigenvalue weighted by Gasteiger charge is 2.30. The van der Waals surface area contributed by atoms with Crippen LogP contribution in [-0.2, 0) is 4.79 Å². The highest BCUT2D eigenvalue weighted by atomic mass is 16.5. The molecular formula is C17H23N3O3. The first-order valence-corrected chi connectivity index (χ1v) is 8.26. The lowest BCUT2D eigenvalue weighted by molar-refractivity contribution is -0.118. The Bertz CT molecular complexity index is 609. The molecule has 3 N–H and O–H groups in total. The van der Waals surface area contributed by atoms with Gasteiger partial charge in [-0.3, -0.25) is 9.59 Å². The number of hydrogen-bond acceptors (Lipinski definition) is 4. The number of hydrogen-bond donors (Lipinski definition) is 2. The predicted octanol–water partition coefficient (Wildman–Crippen LogP) is 1.74. The third-order valence-electron chi connectivity index (χ3n) is 4.18. The van der Waals surface area contributed by atoms with Crippen molar-refractivity contribution in [3.63, 3.8) is 0 Å². The zero-order valence-corrected chi connectivity index (χ0v) is 13.4. The maximum Gasteiger partial charge on any atom is 0.270 e. The smallest absolute Gasteiger partial charge is 0.270 e. The normalized spacial score (nSPS) is 18.3. The number of pyridine rings is 1. The molecule has 2 saturated carbocycles. The number of ether oxygens (including phenoxy) is 1. The van der Waals surface area contributed by atoms with Gasteiger partial charge in [0.2, 0.25) is 11.8 Å². The van der Waals surface area contributed by atoms with Crippen molar-refractivity contribution < 1.29 is 14.3 Å². The summed E-state index contributed by atoms with van der Waals surface area (Å²) in [6.07, 6.45) is 4.84. The lowest BCUT2D eigenvalue weighted by Crippen LogP contribution is -2.36. The zero-order valence-electron chi connectivity index (χ0n) is 13.4. The quantitative estimate of drug-likeness (QED) is 0.763. The minimum atomic E-state index is -0.441. The lowest BCUT2D eigenvalue weighted by Gasteiger charge is -2.14. The van der Waals surface area contributed by atoms with Gasteiger partial charge in [-0.15, -0.1) is 0 Å². The number of aromatic nitrogens is 1.